The van der Waals surface area contributed by atoms with E-state index >= 15 is 0 Å². The molecular formula is C18H20N4O2. The average Bonchev–Trinajstić information content (AvgIpc) is 3.19. The molecule has 1 aliphatic heterocycles. The maximum Gasteiger partial charge on any atom is 0.252 e. The number of nitrogens with zero attached hydrogens (tertiary/aromatic N) is 4. The first-order chi connectivity index (χ1) is 11.3. The van der Waals surface area contributed by atoms with Gasteiger partial charge in [-0.2, -0.15) is 0 Å². The fourth-order valence-electron chi connectivity index (χ4n) is 3.59. The number of pyridine rings is 1. The summed E-state index contributed by atoms with van der Waals surface area (Å²) >= 11 is 0. The summed E-state index contributed by atoms with van der Waals surface area (Å²) < 4.78 is 9.71. The van der Waals surface area contributed by atoms with Crippen LogP contribution in [0.5, 0.6) is 0 Å². The van der Waals surface area contributed by atoms with Crippen molar-refractivity contribution in [1.82, 2.24) is 19.3 Å². The predicted molar refractivity (Wildman–Crippen MR) is 90.8 cm³/mol. The lowest BCUT2D eigenvalue weighted by Gasteiger charge is -2.50. The molecule has 0 aliphatic carbocycles. The van der Waals surface area contributed by atoms with Crippen molar-refractivity contribution in [2.75, 3.05) is 0 Å². The molecule has 0 aromatic carbocycles. The normalized spacial score (nSPS) is 17.4. The molecule has 24 heavy (non-hydrogen) atoms. The van der Waals surface area contributed by atoms with Crippen LogP contribution in [-0.4, -0.2) is 19.3 Å². The Morgan fingerprint density at radius 3 is 2.50 bits per heavy atom. The highest BCUT2D eigenvalue weighted by Crippen LogP contribution is 2.46. The molecule has 124 valence electrons. The molecule has 0 spiro atoms. The second-order valence-electron chi connectivity index (χ2n) is 7.34. The van der Waals surface area contributed by atoms with Crippen LogP contribution in [-0.2, 0) is 11.1 Å². The van der Waals surface area contributed by atoms with E-state index in [1.54, 1.807) is 0 Å². The minimum absolute atomic E-state index is 0.0752. The van der Waals surface area contributed by atoms with Crippen LogP contribution >= 0.6 is 0 Å². The van der Waals surface area contributed by atoms with Crippen LogP contribution in [0.25, 0.3) is 22.8 Å². The van der Waals surface area contributed by atoms with Gasteiger partial charge in [0.25, 0.3) is 5.89 Å². The second kappa shape index (κ2) is 4.47. The number of rotatable bonds is 1. The minimum Gasteiger partial charge on any atom is -0.423 e. The van der Waals surface area contributed by atoms with Crippen molar-refractivity contribution in [3.63, 3.8) is 0 Å². The standard InChI is InChI=1S/C18H20N4O2/c1-11-14-13-7-6-8-21(13)17(2,3)18(4,5)22(14)9-12(15(11)23)16-20-19-10-24-16/h6-10H,1-5H3. The number of fused-ring (bicyclic) bond motifs is 3. The van der Waals surface area contributed by atoms with E-state index in [1.165, 1.54) is 6.39 Å². The summed E-state index contributed by atoms with van der Waals surface area (Å²) in [5.74, 6) is 0.257. The van der Waals surface area contributed by atoms with Gasteiger partial charge >= 0.3 is 0 Å². The highest BCUT2D eigenvalue weighted by atomic mass is 16.4. The lowest BCUT2D eigenvalue weighted by atomic mass is 9.78. The van der Waals surface area contributed by atoms with Gasteiger partial charge in [-0.05, 0) is 46.8 Å². The molecular weight excluding hydrogens is 304 g/mol. The molecule has 6 nitrogen and oxygen atoms in total. The van der Waals surface area contributed by atoms with Gasteiger partial charge in [-0.1, -0.05) is 0 Å². The predicted octanol–water partition coefficient (Wildman–Crippen LogP) is 3.16. The van der Waals surface area contributed by atoms with Crippen molar-refractivity contribution >= 4 is 0 Å². The molecule has 0 fully saturated rings. The molecule has 0 saturated carbocycles. The topological polar surface area (TPSA) is 65.8 Å². The highest BCUT2D eigenvalue weighted by Gasteiger charge is 2.46. The Morgan fingerprint density at radius 1 is 1.12 bits per heavy atom. The highest BCUT2D eigenvalue weighted by molar-refractivity contribution is 5.67. The van der Waals surface area contributed by atoms with Crippen molar-refractivity contribution in [2.45, 2.75) is 45.7 Å². The van der Waals surface area contributed by atoms with Gasteiger partial charge < -0.3 is 13.6 Å². The maximum absolute atomic E-state index is 12.9. The SMILES string of the molecule is Cc1c2n(cc(-c3nnco3)c1=O)C(C)(C)C(C)(C)n1cccc1-2. The molecule has 4 heterocycles. The first kappa shape index (κ1) is 14.9. The smallest absolute Gasteiger partial charge is 0.252 e. The van der Waals surface area contributed by atoms with Crippen molar-refractivity contribution in [1.29, 1.82) is 0 Å². The minimum atomic E-state index is -0.262. The summed E-state index contributed by atoms with van der Waals surface area (Å²) in [6.07, 6.45) is 5.18. The molecule has 0 N–H and O–H groups in total. The van der Waals surface area contributed by atoms with Gasteiger partial charge in [0.05, 0.1) is 22.5 Å². The van der Waals surface area contributed by atoms with Gasteiger partial charge in [-0.3, -0.25) is 4.79 Å². The Labute approximate surface area is 139 Å². The summed E-state index contributed by atoms with van der Waals surface area (Å²) in [5, 5.41) is 7.63. The molecule has 0 saturated heterocycles. The van der Waals surface area contributed by atoms with Crippen molar-refractivity contribution in [3.8, 4) is 22.8 Å². The molecule has 3 aromatic heterocycles. The zero-order valence-electron chi connectivity index (χ0n) is 14.5. The number of aromatic nitrogens is 4. The third-order valence-corrected chi connectivity index (χ3v) is 5.72. The van der Waals surface area contributed by atoms with E-state index in [0.29, 0.717) is 11.1 Å². The molecule has 6 heteroatoms. The average molecular weight is 324 g/mol. The van der Waals surface area contributed by atoms with Crippen molar-refractivity contribution in [2.24, 2.45) is 0 Å². The van der Waals surface area contributed by atoms with Gasteiger partial charge in [0.15, 0.2) is 5.43 Å². The molecule has 4 rings (SSSR count). The number of hydrogen-bond acceptors (Lipinski definition) is 4. The summed E-state index contributed by atoms with van der Waals surface area (Å²) in [6.45, 7) is 10.6. The monoisotopic (exact) mass is 324 g/mol. The lowest BCUT2D eigenvalue weighted by molar-refractivity contribution is 0.117. The fourth-order valence-corrected chi connectivity index (χ4v) is 3.59. The Hall–Kier alpha value is -2.63. The summed E-state index contributed by atoms with van der Waals surface area (Å²) in [4.78, 5) is 12.9. The van der Waals surface area contributed by atoms with Crippen molar-refractivity contribution < 1.29 is 4.42 Å². The molecule has 0 amide bonds. The van der Waals surface area contributed by atoms with E-state index in [0.717, 1.165) is 11.4 Å². The van der Waals surface area contributed by atoms with Crippen LogP contribution in [0.2, 0.25) is 0 Å². The first-order valence-corrected chi connectivity index (χ1v) is 7.98. The van der Waals surface area contributed by atoms with Gasteiger partial charge in [-0.25, -0.2) is 0 Å². The van der Waals surface area contributed by atoms with Gasteiger partial charge in [0.2, 0.25) is 6.39 Å². The van der Waals surface area contributed by atoms with E-state index in [1.807, 2.05) is 19.2 Å². The molecule has 1 aliphatic rings. The zero-order chi connectivity index (χ0) is 17.3. The molecule has 0 bridgehead atoms. The fraction of sp³-hybridized carbons (Fsp3) is 0.389. The Morgan fingerprint density at radius 2 is 1.83 bits per heavy atom. The molecule has 0 unspecified atom stereocenters. The molecule has 3 aromatic rings. The van der Waals surface area contributed by atoms with Crippen LogP contribution in [0.1, 0.15) is 33.3 Å². The van der Waals surface area contributed by atoms with E-state index in [-0.39, 0.29) is 22.4 Å². The number of hydrogen-bond donors (Lipinski definition) is 0. The van der Waals surface area contributed by atoms with Crippen LogP contribution in [0, 0.1) is 6.92 Å². The third kappa shape index (κ3) is 1.63. The summed E-state index contributed by atoms with van der Waals surface area (Å²) in [5.41, 5.74) is 2.61. The first-order valence-electron chi connectivity index (χ1n) is 7.98. The van der Waals surface area contributed by atoms with Crippen LogP contribution in [0.4, 0.5) is 0 Å². The summed E-state index contributed by atoms with van der Waals surface area (Å²) in [7, 11) is 0. The lowest BCUT2D eigenvalue weighted by Crippen LogP contribution is -2.53. The molecule has 0 radical (unpaired) electrons. The van der Waals surface area contributed by atoms with Crippen LogP contribution < -0.4 is 5.43 Å². The quantitative estimate of drug-likeness (QED) is 0.689. The van der Waals surface area contributed by atoms with E-state index in [4.69, 9.17) is 4.42 Å². The van der Waals surface area contributed by atoms with E-state index < -0.39 is 0 Å². The summed E-state index contributed by atoms with van der Waals surface area (Å²) in [6, 6.07) is 4.08. The Balaban J connectivity index is 2.14. The van der Waals surface area contributed by atoms with Crippen LogP contribution in [0.3, 0.4) is 0 Å². The van der Waals surface area contributed by atoms with Crippen molar-refractivity contribution in [3.05, 3.63) is 46.7 Å². The molecule has 0 atom stereocenters. The third-order valence-electron chi connectivity index (χ3n) is 5.72. The van der Waals surface area contributed by atoms with Crippen LogP contribution in [0.15, 0.2) is 40.1 Å². The zero-order valence-corrected chi connectivity index (χ0v) is 14.5. The Bertz CT molecular complexity index is 991. The van der Waals surface area contributed by atoms with E-state index in [2.05, 4.69) is 59.3 Å². The van der Waals surface area contributed by atoms with E-state index in [9.17, 15) is 4.79 Å². The van der Waals surface area contributed by atoms with Gasteiger partial charge in [0, 0.05) is 18.0 Å². The largest absolute Gasteiger partial charge is 0.423 e. The maximum atomic E-state index is 12.9. The van der Waals surface area contributed by atoms with Gasteiger partial charge in [-0.15, -0.1) is 10.2 Å². The second-order valence-corrected chi connectivity index (χ2v) is 7.34. The van der Waals surface area contributed by atoms with Gasteiger partial charge in [0.1, 0.15) is 5.56 Å². The Kier molecular flexibility index (Phi) is 2.78.